The van der Waals surface area contributed by atoms with Crippen LogP contribution in [0.25, 0.3) is 0 Å². The van der Waals surface area contributed by atoms with Gasteiger partial charge in [-0.3, -0.25) is 10.1 Å². The fourth-order valence-electron chi connectivity index (χ4n) is 2.37. The minimum Gasteiger partial charge on any atom is -0.446 e. The summed E-state index contributed by atoms with van der Waals surface area (Å²) in [5.41, 5.74) is 0. The Kier molecular flexibility index (Phi) is 3.84. The van der Waals surface area contributed by atoms with Crippen LogP contribution in [-0.4, -0.2) is 19.0 Å². The summed E-state index contributed by atoms with van der Waals surface area (Å²) in [6.07, 6.45) is 4.06. The van der Waals surface area contributed by atoms with Gasteiger partial charge in [0, 0.05) is 18.0 Å². The summed E-state index contributed by atoms with van der Waals surface area (Å²) in [5.74, 6) is 1.60. The number of anilines is 1. The highest BCUT2D eigenvalue weighted by Gasteiger charge is 2.25. The first-order valence-electron chi connectivity index (χ1n) is 6.23. The lowest BCUT2D eigenvalue weighted by Gasteiger charge is -2.27. The molecule has 1 aliphatic rings. The summed E-state index contributed by atoms with van der Waals surface area (Å²) in [7, 11) is 1.98. The van der Waals surface area contributed by atoms with Gasteiger partial charge in [-0.05, 0) is 45.7 Å². The number of furan rings is 1. The van der Waals surface area contributed by atoms with Gasteiger partial charge in [0.1, 0.15) is 5.76 Å². The van der Waals surface area contributed by atoms with E-state index in [-0.39, 0.29) is 11.8 Å². The quantitative estimate of drug-likeness (QED) is 0.846. The van der Waals surface area contributed by atoms with Crippen LogP contribution in [0.3, 0.4) is 0 Å². The number of amides is 1. The zero-order valence-electron chi connectivity index (χ0n) is 10.5. The molecule has 0 radical (unpaired) electrons. The van der Waals surface area contributed by atoms with Gasteiger partial charge in [-0.15, -0.1) is 0 Å². The third kappa shape index (κ3) is 3.09. The molecule has 1 saturated carbocycles. The lowest BCUT2D eigenvalue weighted by molar-refractivity contribution is -0.121. The topological polar surface area (TPSA) is 54.3 Å². The highest BCUT2D eigenvalue weighted by molar-refractivity contribution is 5.91. The Morgan fingerprint density at radius 2 is 2.00 bits per heavy atom. The predicted molar refractivity (Wildman–Crippen MR) is 66.9 cm³/mol. The van der Waals surface area contributed by atoms with Gasteiger partial charge in [-0.1, -0.05) is 0 Å². The molecule has 0 unspecified atom stereocenters. The minimum atomic E-state index is 0.0916. The number of hydrogen-bond donors (Lipinski definition) is 2. The molecule has 2 N–H and O–H groups in total. The maximum atomic E-state index is 12.0. The second-order valence-electron chi connectivity index (χ2n) is 4.74. The van der Waals surface area contributed by atoms with E-state index in [9.17, 15) is 4.79 Å². The van der Waals surface area contributed by atoms with E-state index >= 15 is 0 Å². The van der Waals surface area contributed by atoms with E-state index in [0.29, 0.717) is 11.9 Å². The van der Waals surface area contributed by atoms with Crippen molar-refractivity contribution in [1.82, 2.24) is 5.32 Å². The molecule has 1 heterocycles. The average molecular weight is 236 g/mol. The standard InChI is InChI=1S/C13H20N2O2/c1-9-3-8-12(17-9)15-13(16)10-4-6-11(14-2)7-5-10/h3,8,10-11,14H,4-7H2,1-2H3,(H,15,16). The summed E-state index contributed by atoms with van der Waals surface area (Å²) in [4.78, 5) is 12.0. The maximum Gasteiger partial charge on any atom is 0.229 e. The summed E-state index contributed by atoms with van der Waals surface area (Å²) >= 11 is 0. The van der Waals surface area contributed by atoms with Crippen LogP contribution >= 0.6 is 0 Å². The van der Waals surface area contributed by atoms with Crippen LogP contribution in [0.5, 0.6) is 0 Å². The van der Waals surface area contributed by atoms with Crippen molar-refractivity contribution in [3.63, 3.8) is 0 Å². The van der Waals surface area contributed by atoms with Crippen LogP contribution in [0.1, 0.15) is 31.4 Å². The van der Waals surface area contributed by atoms with Gasteiger partial charge < -0.3 is 9.73 Å². The zero-order valence-corrected chi connectivity index (χ0v) is 10.5. The van der Waals surface area contributed by atoms with Crippen molar-refractivity contribution in [3.8, 4) is 0 Å². The van der Waals surface area contributed by atoms with Crippen LogP contribution in [0.15, 0.2) is 16.5 Å². The van der Waals surface area contributed by atoms with E-state index in [0.717, 1.165) is 31.4 Å². The van der Waals surface area contributed by atoms with Gasteiger partial charge in [0.25, 0.3) is 0 Å². The molecule has 1 amide bonds. The average Bonchev–Trinajstić information content (AvgIpc) is 2.75. The minimum absolute atomic E-state index is 0.0916. The van der Waals surface area contributed by atoms with Gasteiger partial charge in [0.2, 0.25) is 5.91 Å². The van der Waals surface area contributed by atoms with Gasteiger partial charge in [-0.2, -0.15) is 0 Å². The molecule has 17 heavy (non-hydrogen) atoms. The van der Waals surface area contributed by atoms with Crippen molar-refractivity contribution in [2.75, 3.05) is 12.4 Å². The number of nitrogens with one attached hydrogen (secondary N) is 2. The molecule has 0 aromatic carbocycles. The van der Waals surface area contributed by atoms with E-state index in [4.69, 9.17) is 4.42 Å². The lowest BCUT2D eigenvalue weighted by Crippen LogP contribution is -2.34. The van der Waals surface area contributed by atoms with Gasteiger partial charge in [0.05, 0.1) is 0 Å². The number of aryl methyl sites for hydroxylation is 1. The lowest BCUT2D eigenvalue weighted by atomic mass is 9.85. The normalized spacial score (nSPS) is 24.6. The van der Waals surface area contributed by atoms with Crippen LogP contribution in [-0.2, 0) is 4.79 Å². The highest BCUT2D eigenvalue weighted by Crippen LogP contribution is 2.25. The van der Waals surface area contributed by atoms with E-state index < -0.39 is 0 Å². The van der Waals surface area contributed by atoms with Crippen molar-refractivity contribution in [2.24, 2.45) is 5.92 Å². The Morgan fingerprint density at radius 1 is 1.29 bits per heavy atom. The zero-order chi connectivity index (χ0) is 12.3. The number of rotatable bonds is 3. The highest BCUT2D eigenvalue weighted by atomic mass is 16.4. The smallest absolute Gasteiger partial charge is 0.229 e. The Morgan fingerprint density at radius 3 is 2.53 bits per heavy atom. The molecule has 0 saturated heterocycles. The van der Waals surface area contributed by atoms with Crippen molar-refractivity contribution in [1.29, 1.82) is 0 Å². The first-order valence-corrected chi connectivity index (χ1v) is 6.23. The largest absolute Gasteiger partial charge is 0.446 e. The van der Waals surface area contributed by atoms with E-state index in [1.807, 2.05) is 20.0 Å². The van der Waals surface area contributed by atoms with Crippen LogP contribution in [0, 0.1) is 12.8 Å². The molecular formula is C13H20N2O2. The predicted octanol–water partition coefficient (Wildman–Crippen LogP) is 2.30. The second-order valence-corrected chi connectivity index (χ2v) is 4.74. The van der Waals surface area contributed by atoms with Crippen molar-refractivity contribution in [2.45, 2.75) is 38.6 Å². The second kappa shape index (κ2) is 5.36. The molecule has 1 aromatic rings. The molecule has 1 aliphatic carbocycles. The van der Waals surface area contributed by atoms with E-state index in [1.165, 1.54) is 0 Å². The van der Waals surface area contributed by atoms with Gasteiger partial charge in [0.15, 0.2) is 5.88 Å². The molecule has 0 spiro atoms. The van der Waals surface area contributed by atoms with Crippen LogP contribution in [0.4, 0.5) is 5.88 Å². The molecule has 0 atom stereocenters. The molecule has 4 nitrogen and oxygen atoms in total. The van der Waals surface area contributed by atoms with Crippen LogP contribution in [0.2, 0.25) is 0 Å². The Labute approximate surface area is 102 Å². The van der Waals surface area contributed by atoms with Crippen molar-refractivity contribution in [3.05, 3.63) is 17.9 Å². The Bertz CT molecular complexity index is 379. The SMILES string of the molecule is CNC1CCC(C(=O)Nc2ccc(C)o2)CC1. The molecule has 4 heteroatoms. The van der Waals surface area contributed by atoms with Gasteiger partial charge in [-0.25, -0.2) is 0 Å². The summed E-state index contributed by atoms with van der Waals surface area (Å²) in [6, 6.07) is 4.23. The van der Waals surface area contributed by atoms with E-state index in [2.05, 4.69) is 10.6 Å². The summed E-state index contributed by atoms with van der Waals surface area (Å²) in [5, 5.41) is 6.11. The molecular weight excluding hydrogens is 216 g/mol. The molecule has 1 aromatic heterocycles. The van der Waals surface area contributed by atoms with E-state index in [1.54, 1.807) is 6.07 Å². The van der Waals surface area contributed by atoms with Gasteiger partial charge >= 0.3 is 0 Å². The summed E-state index contributed by atoms with van der Waals surface area (Å²) in [6.45, 7) is 1.87. The number of carbonyl (C=O) groups is 1. The number of carbonyl (C=O) groups excluding carboxylic acids is 1. The monoisotopic (exact) mass is 236 g/mol. The molecule has 94 valence electrons. The van der Waals surface area contributed by atoms with Crippen molar-refractivity contribution >= 4 is 11.8 Å². The molecule has 0 bridgehead atoms. The first kappa shape index (κ1) is 12.2. The Hall–Kier alpha value is -1.29. The molecule has 2 rings (SSSR count). The maximum absolute atomic E-state index is 12.0. The first-order chi connectivity index (χ1) is 8.19. The third-order valence-electron chi connectivity index (χ3n) is 3.49. The van der Waals surface area contributed by atoms with Crippen LogP contribution < -0.4 is 10.6 Å². The van der Waals surface area contributed by atoms with Crippen molar-refractivity contribution < 1.29 is 9.21 Å². The molecule has 0 aliphatic heterocycles. The fourth-order valence-corrected chi connectivity index (χ4v) is 2.37. The number of hydrogen-bond acceptors (Lipinski definition) is 3. The Balaban J connectivity index is 1.85. The third-order valence-corrected chi connectivity index (χ3v) is 3.49. The fraction of sp³-hybridized carbons (Fsp3) is 0.615. The molecule has 1 fully saturated rings. The summed E-state index contributed by atoms with van der Waals surface area (Å²) < 4.78 is 5.34.